The van der Waals surface area contributed by atoms with Gasteiger partial charge in [0.25, 0.3) is 0 Å². The molecule has 88 valence electrons. The zero-order chi connectivity index (χ0) is 11.3. The van der Waals surface area contributed by atoms with Gasteiger partial charge in [0.15, 0.2) is 0 Å². The van der Waals surface area contributed by atoms with E-state index in [4.69, 9.17) is 14.6 Å². The molecule has 0 aromatic carbocycles. The SMILES string of the molecule is COCC(NC(C)C1CCOC1)C(=O)O. The number of hydrogen-bond acceptors (Lipinski definition) is 4. The Morgan fingerprint density at radius 3 is 2.93 bits per heavy atom. The molecule has 1 saturated heterocycles. The maximum atomic E-state index is 10.9. The van der Waals surface area contributed by atoms with Crippen LogP contribution < -0.4 is 5.32 Å². The van der Waals surface area contributed by atoms with E-state index in [9.17, 15) is 4.79 Å². The lowest BCUT2D eigenvalue weighted by molar-refractivity contribution is -0.141. The fourth-order valence-corrected chi connectivity index (χ4v) is 1.76. The van der Waals surface area contributed by atoms with E-state index < -0.39 is 12.0 Å². The topological polar surface area (TPSA) is 67.8 Å². The molecule has 0 bridgehead atoms. The van der Waals surface area contributed by atoms with Gasteiger partial charge in [-0.1, -0.05) is 0 Å². The second-order valence-corrected chi connectivity index (χ2v) is 3.93. The Balaban J connectivity index is 2.38. The van der Waals surface area contributed by atoms with E-state index in [0.29, 0.717) is 12.5 Å². The molecule has 0 spiro atoms. The fraction of sp³-hybridized carbons (Fsp3) is 0.900. The maximum Gasteiger partial charge on any atom is 0.323 e. The summed E-state index contributed by atoms with van der Waals surface area (Å²) in [5.74, 6) is -0.466. The first-order valence-electron chi connectivity index (χ1n) is 5.20. The van der Waals surface area contributed by atoms with Crippen LogP contribution in [-0.2, 0) is 14.3 Å². The van der Waals surface area contributed by atoms with Crippen LogP contribution in [0.2, 0.25) is 0 Å². The van der Waals surface area contributed by atoms with Gasteiger partial charge in [-0.25, -0.2) is 0 Å². The molecule has 1 heterocycles. The minimum Gasteiger partial charge on any atom is -0.480 e. The van der Waals surface area contributed by atoms with Gasteiger partial charge in [0.1, 0.15) is 6.04 Å². The Bertz CT molecular complexity index is 204. The number of ether oxygens (including phenoxy) is 2. The van der Waals surface area contributed by atoms with E-state index in [1.54, 1.807) is 0 Å². The number of aliphatic carboxylic acids is 1. The molecule has 0 aromatic rings. The zero-order valence-electron chi connectivity index (χ0n) is 9.23. The Morgan fingerprint density at radius 2 is 2.47 bits per heavy atom. The van der Waals surface area contributed by atoms with Crippen LogP contribution in [0.4, 0.5) is 0 Å². The lowest BCUT2D eigenvalue weighted by Crippen LogP contribution is -2.47. The van der Waals surface area contributed by atoms with Crippen LogP contribution in [0.25, 0.3) is 0 Å². The standard InChI is InChI=1S/C10H19NO4/c1-7(8-3-4-15-5-8)11-9(6-14-2)10(12)13/h7-9,11H,3-6H2,1-2H3,(H,12,13). The largest absolute Gasteiger partial charge is 0.480 e. The van der Waals surface area contributed by atoms with E-state index in [1.165, 1.54) is 7.11 Å². The first-order valence-corrected chi connectivity index (χ1v) is 5.20. The molecule has 15 heavy (non-hydrogen) atoms. The van der Waals surface area contributed by atoms with Crippen molar-refractivity contribution < 1.29 is 19.4 Å². The van der Waals surface area contributed by atoms with Crippen molar-refractivity contribution in [2.24, 2.45) is 5.92 Å². The highest BCUT2D eigenvalue weighted by Crippen LogP contribution is 2.16. The number of hydrogen-bond donors (Lipinski definition) is 2. The molecule has 1 rings (SSSR count). The van der Waals surface area contributed by atoms with Crippen LogP contribution in [-0.4, -0.2) is 50.1 Å². The molecule has 5 nitrogen and oxygen atoms in total. The van der Waals surface area contributed by atoms with Gasteiger partial charge in [0.2, 0.25) is 0 Å². The molecule has 1 fully saturated rings. The summed E-state index contributed by atoms with van der Waals surface area (Å²) in [5.41, 5.74) is 0. The van der Waals surface area contributed by atoms with Gasteiger partial charge in [0.05, 0.1) is 13.2 Å². The number of carboxylic acid groups (broad SMARTS) is 1. The molecule has 1 aliphatic rings. The predicted octanol–water partition coefficient (Wildman–Crippen LogP) is 0.101. The van der Waals surface area contributed by atoms with E-state index in [0.717, 1.165) is 13.0 Å². The summed E-state index contributed by atoms with van der Waals surface area (Å²) >= 11 is 0. The Morgan fingerprint density at radius 1 is 1.73 bits per heavy atom. The van der Waals surface area contributed by atoms with Gasteiger partial charge in [-0.2, -0.15) is 0 Å². The first kappa shape index (κ1) is 12.4. The third-order valence-corrected chi connectivity index (χ3v) is 2.77. The second-order valence-electron chi connectivity index (χ2n) is 3.93. The molecule has 0 aromatic heterocycles. The molecule has 0 radical (unpaired) electrons. The van der Waals surface area contributed by atoms with Crippen molar-refractivity contribution in [3.63, 3.8) is 0 Å². The number of carbonyl (C=O) groups is 1. The van der Waals surface area contributed by atoms with E-state index in [2.05, 4.69) is 5.32 Å². The molecular formula is C10H19NO4. The summed E-state index contributed by atoms with van der Waals surface area (Å²) < 4.78 is 10.1. The van der Waals surface area contributed by atoms with Gasteiger partial charge in [-0.05, 0) is 19.3 Å². The highest BCUT2D eigenvalue weighted by atomic mass is 16.5. The first-order chi connectivity index (χ1) is 7.15. The summed E-state index contributed by atoms with van der Waals surface area (Å²) in [6.45, 7) is 3.67. The van der Waals surface area contributed by atoms with Crippen LogP contribution in [0.1, 0.15) is 13.3 Å². The lowest BCUT2D eigenvalue weighted by Gasteiger charge is -2.23. The number of nitrogens with one attached hydrogen (secondary N) is 1. The smallest absolute Gasteiger partial charge is 0.323 e. The van der Waals surface area contributed by atoms with E-state index in [1.807, 2.05) is 6.92 Å². The van der Waals surface area contributed by atoms with Gasteiger partial charge in [-0.3, -0.25) is 10.1 Å². The summed E-state index contributed by atoms with van der Waals surface area (Å²) in [4.78, 5) is 10.9. The average Bonchev–Trinajstić information content (AvgIpc) is 2.69. The number of rotatable bonds is 6. The second kappa shape index (κ2) is 6.05. The Labute approximate surface area is 89.8 Å². The van der Waals surface area contributed by atoms with Crippen molar-refractivity contribution in [3.05, 3.63) is 0 Å². The summed E-state index contributed by atoms with van der Waals surface area (Å²) in [7, 11) is 1.50. The summed E-state index contributed by atoms with van der Waals surface area (Å²) in [6.07, 6.45) is 0.994. The normalized spacial score (nSPS) is 25.1. The van der Waals surface area contributed by atoms with Crippen LogP contribution in [0, 0.1) is 5.92 Å². The van der Waals surface area contributed by atoms with Crippen LogP contribution in [0.3, 0.4) is 0 Å². The van der Waals surface area contributed by atoms with E-state index in [-0.39, 0.29) is 12.6 Å². The van der Waals surface area contributed by atoms with Crippen molar-refractivity contribution in [1.82, 2.24) is 5.32 Å². The molecule has 0 aliphatic carbocycles. The predicted molar refractivity (Wildman–Crippen MR) is 54.8 cm³/mol. The third kappa shape index (κ3) is 3.77. The molecule has 1 aliphatic heterocycles. The fourth-order valence-electron chi connectivity index (χ4n) is 1.76. The molecule has 2 N–H and O–H groups in total. The van der Waals surface area contributed by atoms with Crippen molar-refractivity contribution in [3.8, 4) is 0 Å². The molecule has 3 unspecified atom stereocenters. The highest BCUT2D eigenvalue weighted by molar-refractivity contribution is 5.73. The van der Waals surface area contributed by atoms with Crippen molar-refractivity contribution in [2.75, 3.05) is 26.9 Å². The van der Waals surface area contributed by atoms with Crippen LogP contribution in [0.15, 0.2) is 0 Å². The Hall–Kier alpha value is -0.650. The quantitative estimate of drug-likeness (QED) is 0.660. The van der Waals surface area contributed by atoms with Gasteiger partial charge in [-0.15, -0.1) is 0 Å². The van der Waals surface area contributed by atoms with Crippen molar-refractivity contribution in [2.45, 2.75) is 25.4 Å². The lowest BCUT2D eigenvalue weighted by atomic mass is 10.00. The van der Waals surface area contributed by atoms with Crippen molar-refractivity contribution in [1.29, 1.82) is 0 Å². The molecule has 5 heteroatoms. The van der Waals surface area contributed by atoms with Crippen molar-refractivity contribution >= 4 is 5.97 Å². The molecule has 0 amide bonds. The molecule has 3 atom stereocenters. The number of carboxylic acids is 1. The summed E-state index contributed by atoms with van der Waals surface area (Å²) in [6, 6.07) is -0.491. The zero-order valence-corrected chi connectivity index (χ0v) is 9.23. The maximum absolute atomic E-state index is 10.9. The molecule has 0 saturated carbocycles. The summed E-state index contributed by atoms with van der Waals surface area (Å²) in [5, 5.41) is 12.0. The highest BCUT2D eigenvalue weighted by Gasteiger charge is 2.26. The number of methoxy groups -OCH3 is 1. The average molecular weight is 217 g/mol. The van der Waals surface area contributed by atoms with Gasteiger partial charge < -0.3 is 14.6 Å². The minimum absolute atomic E-state index is 0.142. The third-order valence-electron chi connectivity index (χ3n) is 2.77. The molecular weight excluding hydrogens is 198 g/mol. The van der Waals surface area contributed by atoms with Gasteiger partial charge in [0, 0.05) is 19.8 Å². The van der Waals surface area contributed by atoms with Crippen LogP contribution in [0.5, 0.6) is 0 Å². The Kier molecular flexibility index (Phi) is 5.01. The van der Waals surface area contributed by atoms with Gasteiger partial charge >= 0.3 is 5.97 Å². The minimum atomic E-state index is -0.873. The monoisotopic (exact) mass is 217 g/mol. The van der Waals surface area contributed by atoms with E-state index >= 15 is 0 Å². The van der Waals surface area contributed by atoms with Crippen LogP contribution >= 0.6 is 0 Å².